The number of hydrogen-bond acceptors (Lipinski definition) is 4. The number of anilines is 1. The minimum absolute atomic E-state index is 0.660. The molecule has 3 aromatic heterocycles. The molecule has 0 aliphatic carbocycles. The van der Waals surface area contributed by atoms with Crippen molar-refractivity contribution in [1.29, 1.82) is 0 Å². The van der Waals surface area contributed by atoms with Gasteiger partial charge in [0.25, 0.3) is 0 Å². The zero-order valence-electron chi connectivity index (χ0n) is 8.71. The van der Waals surface area contributed by atoms with Crippen LogP contribution in [0.15, 0.2) is 29.8 Å². The van der Waals surface area contributed by atoms with Gasteiger partial charge in [-0.3, -0.25) is 9.38 Å². The van der Waals surface area contributed by atoms with Crippen LogP contribution in [0.25, 0.3) is 16.3 Å². The van der Waals surface area contributed by atoms with Crippen LogP contribution in [-0.4, -0.2) is 14.4 Å². The molecule has 5 heteroatoms. The molecule has 0 amide bonds. The van der Waals surface area contributed by atoms with Crippen molar-refractivity contribution < 1.29 is 0 Å². The topological polar surface area (TPSA) is 56.2 Å². The molecule has 3 rings (SSSR count). The number of thiazole rings is 1. The van der Waals surface area contributed by atoms with Gasteiger partial charge in [0.15, 0.2) is 4.96 Å². The molecule has 80 valence electrons. The Hall–Kier alpha value is -1.88. The van der Waals surface area contributed by atoms with E-state index in [2.05, 4.69) is 9.97 Å². The van der Waals surface area contributed by atoms with E-state index < -0.39 is 0 Å². The molecule has 0 aliphatic rings. The molecule has 0 saturated heterocycles. The number of imidazole rings is 1. The van der Waals surface area contributed by atoms with Gasteiger partial charge in [-0.25, -0.2) is 4.98 Å². The van der Waals surface area contributed by atoms with Crippen molar-refractivity contribution in [2.24, 2.45) is 0 Å². The Morgan fingerprint density at radius 1 is 1.38 bits per heavy atom. The first-order chi connectivity index (χ1) is 7.77. The summed E-state index contributed by atoms with van der Waals surface area (Å²) in [5, 5.41) is 2.04. The second-order valence-corrected chi connectivity index (χ2v) is 4.39. The van der Waals surface area contributed by atoms with E-state index in [1.807, 2.05) is 34.9 Å². The van der Waals surface area contributed by atoms with E-state index in [-0.39, 0.29) is 0 Å². The maximum absolute atomic E-state index is 6.08. The number of nitrogens with two attached hydrogens (primary N) is 1. The van der Waals surface area contributed by atoms with Crippen molar-refractivity contribution in [3.05, 3.63) is 35.5 Å². The summed E-state index contributed by atoms with van der Waals surface area (Å²) in [5.74, 6) is 0.660. The van der Waals surface area contributed by atoms with Crippen molar-refractivity contribution >= 4 is 22.1 Å². The number of rotatable bonds is 1. The van der Waals surface area contributed by atoms with Crippen molar-refractivity contribution in [2.45, 2.75) is 6.92 Å². The summed E-state index contributed by atoms with van der Waals surface area (Å²) in [6.45, 7) is 2.02. The van der Waals surface area contributed by atoms with Gasteiger partial charge in [0.1, 0.15) is 11.5 Å². The lowest BCUT2D eigenvalue weighted by atomic mass is 10.3. The molecular formula is C11H10N4S. The molecule has 4 nitrogen and oxygen atoms in total. The van der Waals surface area contributed by atoms with Crippen LogP contribution >= 0.6 is 11.3 Å². The van der Waals surface area contributed by atoms with Crippen LogP contribution in [0.4, 0.5) is 5.82 Å². The third kappa shape index (κ3) is 1.22. The predicted octanol–water partition coefficient (Wildman–Crippen LogP) is 2.35. The molecule has 0 bridgehead atoms. The number of aromatic nitrogens is 3. The first-order valence-electron chi connectivity index (χ1n) is 4.91. The zero-order chi connectivity index (χ0) is 11.1. The summed E-state index contributed by atoms with van der Waals surface area (Å²) < 4.78 is 1.95. The average Bonchev–Trinajstić information content (AvgIpc) is 2.83. The second kappa shape index (κ2) is 3.31. The highest BCUT2D eigenvalue weighted by Crippen LogP contribution is 2.28. The molecule has 3 aromatic rings. The normalized spacial score (nSPS) is 11.1. The predicted molar refractivity (Wildman–Crippen MR) is 65.4 cm³/mol. The van der Waals surface area contributed by atoms with Gasteiger partial charge in [0, 0.05) is 17.3 Å². The molecule has 0 spiro atoms. The molecule has 0 radical (unpaired) electrons. The number of nitrogen functional groups attached to an aromatic ring is 1. The zero-order valence-corrected chi connectivity index (χ0v) is 9.53. The second-order valence-electron chi connectivity index (χ2n) is 3.56. The Kier molecular flexibility index (Phi) is 1.94. The molecule has 0 unspecified atom stereocenters. The Morgan fingerprint density at radius 2 is 2.25 bits per heavy atom. The molecule has 2 N–H and O–H groups in total. The number of hydrogen-bond donors (Lipinski definition) is 1. The number of aryl methyl sites for hydroxylation is 1. The van der Waals surface area contributed by atoms with E-state index in [1.54, 1.807) is 17.5 Å². The lowest BCUT2D eigenvalue weighted by molar-refractivity contribution is 1.14. The van der Waals surface area contributed by atoms with Gasteiger partial charge in [0.2, 0.25) is 0 Å². The van der Waals surface area contributed by atoms with Gasteiger partial charge in [-0.2, -0.15) is 0 Å². The fourth-order valence-electron chi connectivity index (χ4n) is 1.71. The maximum atomic E-state index is 6.08. The van der Waals surface area contributed by atoms with E-state index in [0.29, 0.717) is 5.82 Å². The highest BCUT2D eigenvalue weighted by atomic mass is 32.1. The van der Waals surface area contributed by atoms with Crippen molar-refractivity contribution in [1.82, 2.24) is 14.4 Å². The molecule has 3 heterocycles. The smallest absolute Gasteiger partial charge is 0.196 e. The molecule has 0 atom stereocenters. The third-order valence-corrected chi connectivity index (χ3v) is 3.42. The van der Waals surface area contributed by atoms with E-state index in [4.69, 9.17) is 5.73 Å². The summed E-state index contributed by atoms with van der Waals surface area (Å²) in [7, 11) is 0. The number of nitrogens with zero attached hydrogens (tertiary/aromatic N) is 3. The molecular weight excluding hydrogens is 220 g/mol. The van der Waals surface area contributed by atoms with Crippen LogP contribution in [-0.2, 0) is 0 Å². The first kappa shape index (κ1) is 9.35. The van der Waals surface area contributed by atoms with Gasteiger partial charge in [-0.1, -0.05) is 6.07 Å². The van der Waals surface area contributed by atoms with Gasteiger partial charge < -0.3 is 5.73 Å². The van der Waals surface area contributed by atoms with Crippen molar-refractivity contribution in [2.75, 3.05) is 5.73 Å². The largest absolute Gasteiger partial charge is 0.383 e. The van der Waals surface area contributed by atoms with E-state index in [0.717, 1.165) is 22.0 Å². The third-order valence-electron chi connectivity index (χ3n) is 2.48. The van der Waals surface area contributed by atoms with Crippen LogP contribution in [0, 0.1) is 6.92 Å². The van der Waals surface area contributed by atoms with E-state index in [1.165, 1.54) is 0 Å². The first-order valence-corrected chi connectivity index (χ1v) is 5.79. The monoisotopic (exact) mass is 230 g/mol. The molecule has 0 aromatic carbocycles. The Labute approximate surface area is 96.4 Å². The summed E-state index contributed by atoms with van der Waals surface area (Å²) >= 11 is 1.59. The lowest BCUT2D eigenvalue weighted by Crippen LogP contribution is -1.95. The Balaban J connectivity index is 2.29. The minimum Gasteiger partial charge on any atom is -0.383 e. The highest BCUT2D eigenvalue weighted by Gasteiger charge is 2.14. The molecule has 0 aliphatic heterocycles. The lowest BCUT2D eigenvalue weighted by Gasteiger charge is -1.98. The highest BCUT2D eigenvalue weighted by molar-refractivity contribution is 7.15. The Morgan fingerprint density at radius 3 is 2.94 bits per heavy atom. The van der Waals surface area contributed by atoms with Crippen molar-refractivity contribution in [3.8, 4) is 11.4 Å². The summed E-state index contributed by atoms with van der Waals surface area (Å²) in [6.07, 6.45) is 1.75. The van der Waals surface area contributed by atoms with Gasteiger partial charge >= 0.3 is 0 Å². The maximum Gasteiger partial charge on any atom is 0.196 e. The average molecular weight is 230 g/mol. The van der Waals surface area contributed by atoms with E-state index >= 15 is 0 Å². The number of pyridine rings is 1. The fraction of sp³-hybridized carbons (Fsp3) is 0.0909. The minimum atomic E-state index is 0.660. The van der Waals surface area contributed by atoms with Gasteiger partial charge in [0.05, 0.1) is 5.69 Å². The summed E-state index contributed by atoms with van der Waals surface area (Å²) in [5.41, 5.74) is 8.76. The van der Waals surface area contributed by atoms with E-state index in [9.17, 15) is 0 Å². The van der Waals surface area contributed by atoms with Crippen LogP contribution in [0.3, 0.4) is 0 Å². The van der Waals surface area contributed by atoms with Gasteiger partial charge in [-0.05, 0) is 19.1 Å². The SMILES string of the molecule is Cc1csc2nc(-c3ccccn3)c(N)n12. The van der Waals surface area contributed by atoms with Crippen molar-refractivity contribution in [3.63, 3.8) is 0 Å². The Bertz CT molecular complexity index is 639. The van der Waals surface area contributed by atoms with Gasteiger partial charge in [-0.15, -0.1) is 11.3 Å². The van der Waals surface area contributed by atoms with Crippen LogP contribution in [0.2, 0.25) is 0 Å². The quantitative estimate of drug-likeness (QED) is 0.698. The van der Waals surface area contributed by atoms with Crippen LogP contribution in [0.1, 0.15) is 5.69 Å². The standard InChI is InChI=1S/C11H10N4S/c1-7-6-16-11-14-9(10(12)15(7)11)8-4-2-3-5-13-8/h2-6H,12H2,1H3. The molecule has 0 saturated carbocycles. The number of fused-ring (bicyclic) bond motifs is 1. The van der Waals surface area contributed by atoms with Crippen LogP contribution < -0.4 is 5.73 Å². The summed E-state index contributed by atoms with van der Waals surface area (Å²) in [4.78, 5) is 9.67. The van der Waals surface area contributed by atoms with Crippen LogP contribution in [0.5, 0.6) is 0 Å². The fourth-order valence-corrected chi connectivity index (χ4v) is 2.59. The molecule has 16 heavy (non-hydrogen) atoms. The molecule has 0 fully saturated rings. The summed E-state index contributed by atoms with van der Waals surface area (Å²) in [6, 6.07) is 5.73.